The van der Waals surface area contributed by atoms with Crippen molar-refractivity contribution in [1.82, 2.24) is 0 Å². The number of fused-ring (bicyclic) bond motifs is 2. The molecular formula is C23H25BrN2. The third-order valence-corrected chi connectivity index (χ3v) is 5.05. The van der Waals surface area contributed by atoms with Crippen molar-refractivity contribution in [1.29, 1.82) is 0 Å². The van der Waals surface area contributed by atoms with Gasteiger partial charge < -0.3 is 21.9 Å². The molecule has 0 aromatic heterocycles. The molecule has 134 valence electrons. The molecule has 0 saturated carbocycles. The summed E-state index contributed by atoms with van der Waals surface area (Å²) in [6.07, 6.45) is 15.7. The fourth-order valence-electron chi connectivity index (χ4n) is 3.81. The standard InChI is InChI=1S/C23H25N2.BrH/c1(6-16-24-18-8-12-20-10-2-4-14-22(20)24)7-17-25-19-9-13-21-11-3-5-15-23(21)25;/h1-7,10-11,14-17H,8-9,12-13,18-19H2;1H/q+1;/p-1. The van der Waals surface area contributed by atoms with E-state index < -0.39 is 0 Å². The number of nitrogens with zero attached hydrogens (tertiary/aromatic N) is 2. The predicted molar refractivity (Wildman–Crippen MR) is 106 cm³/mol. The molecule has 0 fully saturated rings. The third kappa shape index (κ3) is 4.16. The second-order valence-corrected chi connectivity index (χ2v) is 6.73. The van der Waals surface area contributed by atoms with Crippen molar-refractivity contribution in [2.45, 2.75) is 25.7 Å². The number of para-hydroxylation sites is 2. The highest BCUT2D eigenvalue weighted by Crippen LogP contribution is 2.27. The van der Waals surface area contributed by atoms with Crippen LogP contribution in [0.15, 0.2) is 73.0 Å². The Kier molecular flexibility index (Phi) is 6.45. The summed E-state index contributed by atoms with van der Waals surface area (Å²) in [5, 5.41) is 0. The normalized spacial score (nSPS) is 18.0. The molecule has 0 amide bonds. The van der Waals surface area contributed by atoms with Crippen LogP contribution in [0.1, 0.15) is 24.0 Å². The van der Waals surface area contributed by atoms with E-state index in [4.69, 9.17) is 0 Å². The SMILES string of the molecule is C(/C=C/C=C/N1CCCc2ccccc21)=[N+]1CCCc2ccccc21.[Br-]. The van der Waals surface area contributed by atoms with Gasteiger partial charge in [0.15, 0.2) is 6.21 Å². The zero-order valence-corrected chi connectivity index (χ0v) is 16.6. The van der Waals surface area contributed by atoms with Gasteiger partial charge in [-0.2, -0.15) is 4.58 Å². The lowest BCUT2D eigenvalue weighted by molar-refractivity contribution is -0.440. The van der Waals surface area contributed by atoms with E-state index in [1.54, 1.807) is 0 Å². The topological polar surface area (TPSA) is 6.25 Å². The Hall–Kier alpha value is -2.13. The highest BCUT2D eigenvalue weighted by Gasteiger charge is 2.18. The Morgan fingerprint density at radius 2 is 1.58 bits per heavy atom. The lowest BCUT2D eigenvalue weighted by Gasteiger charge is -2.27. The number of aryl methyl sites for hydroxylation is 2. The molecule has 4 rings (SSSR count). The molecule has 2 nitrogen and oxygen atoms in total. The molecule has 2 aliphatic rings. The summed E-state index contributed by atoms with van der Waals surface area (Å²) in [5.74, 6) is 0. The van der Waals surface area contributed by atoms with Crippen molar-refractivity contribution in [3.63, 3.8) is 0 Å². The average molecular weight is 409 g/mol. The highest BCUT2D eigenvalue weighted by molar-refractivity contribution is 5.69. The fraction of sp³-hybridized carbons (Fsp3) is 0.261. The highest BCUT2D eigenvalue weighted by atomic mass is 79.9. The van der Waals surface area contributed by atoms with Crippen LogP contribution < -0.4 is 21.9 Å². The van der Waals surface area contributed by atoms with Crippen molar-refractivity contribution in [2.24, 2.45) is 0 Å². The molecule has 3 heteroatoms. The summed E-state index contributed by atoms with van der Waals surface area (Å²) in [4.78, 5) is 2.36. The second kappa shape index (κ2) is 9.00. The molecule has 0 spiro atoms. The van der Waals surface area contributed by atoms with Gasteiger partial charge in [-0.05, 0) is 37.0 Å². The molecule has 0 bridgehead atoms. The van der Waals surface area contributed by atoms with Crippen LogP contribution in [-0.4, -0.2) is 23.9 Å². The van der Waals surface area contributed by atoms with Gasteiger partial charge in [-0.25, -0.2) is 0 Å². The molecule has 0 atom stereocenters. The maximum absolute atomic E-state index is 2.36. The Balaban J connectivity index is 0.00000196. The average Bonchev–Trinajstić information content (AvgIpc) is 2.68. The Morgan fingerprint density at radius 3 is 2.50 bits per heavy atom. The number of rotatable bonds is 3. The van der Waals surface area contributed by atoms with Gasteiger partial charge in [-0.3, -0.25) is 0 Å². The minimum absolute atomic E-state index is 0. The first kappa shape index (κ1) is 18.7. The van der Waals surface area contributed by atoms with E-state index in [-0.39, 0.29) is 17.0 Å². The van der Waals surface area contributed by atoms with Gasteiger partial charge in [0.1, 0.15) is 6.54 Å². The molecular weight excluding hydrogens is 384 g/mol. The largest absolute Gasteiger partial charge is 1.00 e. The molecule has 2 aromatic rings. The third-order valence-electron chi connectivity index (χ3n) is 5.05. The smallest absolute Gasteiger partial charge is 0.208 e. The van der Waals surface area contributed by atoms with E-state index in [2.05, 4.69) is 88.6 Å². The van der Waals surface area contributed by atoms with E-state index in [0.717, 1.165) is 13.1 Å². The summed E-state index contributed by atoms with van der Waals surface area (Å²) in [7, 11) is 0. The summed E-state index contributed by atoms with van der Waals surface area (Å²) in [6, 6.07) is 17.5. The molecule has 2 heterocycles. The van der Waals surface area contributed by atoms with Gasteiger partial charge in [0.05, 0.1) is 0 Å². The van der Waals surface area contributed by atoms with Crippen molar-refractivity contribution in [3.8, 4) is 0 Å². The number of hydrogen-bond donors (Lipinski definition) is 0. The molecule has 26 heavy (non-hydrogen) atoms. The molecule has 0 N–H and O–H groups in total. The Morgan fingerprint density at radius 1 is 0.808 bits per heavy atom. The molecule has 0 unspecified atom stereocenters. The van der Waals surface area contributed by atoms with Gasteiger partial charge in [-0.1, -0.05) is 42.5 Å². The number of hydrogen-bond acceptors (Lipinski definition) is 1. The Labute approximate surface area is 166 Å². The molecule has 0 saturated heterocycles. The van der Waals surface area contributed by atoms with Crippen LogP contribution in [0.3, 0.4) is 0 Å². The lowest BCUT2D eigenvalue weighted by Crippen LogP contribution is -3.00. The first-order valence-electron chi connectivity index (χ1n) is 9.29. The van der Waals surface area contributed by atoms with Crippen LogP contribution in [0.4, 0.5) is 11.4 Å². The van der Waals surface area contributed by atoms with Crippen molar-refractivity contribution >= 4 is 17.6 Å². The van der Waals surface area contributed by atoms with Crippen LogP contribution in [-0.2, 0) is 12.8 Å². The van der Waals surface area contributed by atoms with Gasteiger partial charge in [0.2, 0.25) is 5.69 Å². The van der Waals surface area contributed by atoms with Crippen molar-refractivity contribution in [3.05, 3.63) is 84.1 Å². The number of halogens is 1. The van der Waals surface area contributed by atoms with E-state index in [1.807, 2.05) is 0 Å². The quantitative estimate of drug-likeness (QED) is 0.554. The number of allylic oxidation sites excluding steroid dienone is 3. The zero-order chi connectivity index (χ0) is 16.9. The molecule has 2 aliphatic heterocycles. The summed E-state index contributed by atoms with van der Waals surface area (Å²) < 4.78 is 2.36. The summed E-state index contributed by atoms with van der Waals surface area (Å²) >= 11 is 0. The van der Waals surface area contributed by atoms with Crippen LogP contribution in [0, 0.1) is 0 Å². The fourth-order valence-corrected chi connectivity index (χ4v) is 3.81. The van der Waals surface area contributed by atoms with Gasteiger partial charge in [0, 0.05) is 42.6 Å². The van der Waals surface area contributed by atoms with Crippen molar-refractivity contribution in [2.75, 3.05) is 18.0 Å². The van der Waals surface area contributed by atoms with E-state index in [1.165, 1.54) is 48.2 Å². The van der Waals surface area contributed by atoms with Gasteiger partial charge in [-0.15, -0.1) is 0 Å². The summed E-state index contributed by atoms with van der Waals surface area (Å²) in [5.41, 5.74) is 5.62. The first-order chi connectivity index (χ1) is 12.4. The van der Waals surface area contributed by atoms with E-state index in [9.17, 15) is 0 Å². The lowest BCUT2D eigenvalue weighted by atomic mass is 10.0. The van der Waals surface area contributed by atoms with Gasteiger partial charge >= 0.3 is 0 Å². The zero-order valence-electron chi connectivity index (χ0n) is 15.0. The predicted octanol–water partition coefficient (Wildman–Crippen LogP) is 1.87. The maximum atomic E-state index is 2.36. The molecule has 0 radical (unpaired) electrons. The maximum Gasteiger partial charge on any atom is 0.208 e. The molecule has 0 aliphatic carbocycles. The van der Waals surface area contributed by atoms with E-state index >= 15 is 0 Å². The summed E-state index contributed by atoms with van der Waals surface area (Å²) in [6.45, 7) is 2.20. The van der Waals surface area contributed by atoms with Crippen LogP contribution in [0.2, 0.25) is 0 Å². The molecule has 2 aromatic carbocycles. The van der Waals surface area contributed by atoms with E-state index in [0.29, 0.717) is 0 Å². The number of anilines is 1. The minimum Gasteiger partial charge on any atom is -1.00 e. The monoisotopic (exact) mass is 408 g/mol. The van der Waals surface area contributed by atoms with Crippen LogP contribution >= 0.6 is 0 Å². The van der Waals surface area contributed by atoms with Gasteiger partial charge in [0.25, 0.3) is 0 Å². The van der Waals surface area contributed by atoms with Crippen LogP contribution in [0.25, 0.3) is 0 Å². The first-order valence-corrected chi connectivity index (χ1v) is 9.29. The Bertz CT molecular complexity index is 836. The minimum atomic E-state index is 0. The van der Waals surface area contributed by atoms with Crippen LogP contribution in [0.5, 0.6) is 0 Å². The van der Waals surface area contributed by atoms with Crippen molar-refractivity contribution < 1.29 is 21.6 Å². The second-order valence-electron chi connectivity index (χ2n) is 6.73. The number of benzene rings is 2.